The lowest BCUT2D eigenvalue weighted by Crippen LogP contribution is -2.16. The third kappa shape index (κ3) is 4.05. The lowest BCUT2D eigenvalue weighted by molar-refractivity contribution is 0.660. The molecule has 0 bridgehead atoms. The Morgan fingerprint density at radius 2 is 1.39 bits per heavy atom. The molecule has 0 unspecified atom stereocenters. The summed E-state index contributed by atoms with van der Waals surface area (Å²) in [5, 5.41) is 4.52. The second kappa shape index (κ2) is 10.3. The van der Waals surface area contributed by atoms with Gasteiger partial charge in [-0.2, -0.15) is 0 Å². The van der Waals surface area contributed by atoms with Crippen LogP contribution in [0.25, 0.3) is 49.9 Å². The largest absolute Gasteiger partial charge is 0.310 e. The Kier molecular flexibility index (Phi) is 5.99. The fraction of sp³-hybridized carbons (Fsp3) is 0.0732. The SMILES string of the molecule is CC1(C)c2ccccc2-c2ccc(N(c3cccc(-c4cccnc4)c3)c3ccc4c(c3)c3ccccc3n4-c3cscn3)cc21. The summed E-state index contributed by atoms with van der Waals surface area (Å²) in [7, 11) is 0. The minimum Gasteiger partial charge on any atom is -0.310 e. The number of hydrogen-bond donors (Lipinski definition) is 0. The summed E-state index contributed by atoms with van der Waals surface area (Å²) in [5.41, 5.74) is 15.0. The third-order valence-electron chi connectivity index (χ3n) is 9.49. The summed E-state index contributed by atoms with van der Waals surface area (Å²) in [6, 6.07) is 44.1. The molecule has 3 heterocycles. The summed E-state index contributed by atoms with van der Waals surface area (Å²) in [6.07, 6.45) is 3.75. The number of anilines is 3. The highest BCUT2D eigenvalue weighted by molar-refractivity contribution is 7.07. The van der Waals surface area contributed by atoms with Crippen molar-refractivity contribution in [1.29, 1.82) is 0 Å². The molecule has 3 aromatic heterocycles. The molecule has 0 spiro atoms. The predicted molar refractivity (Wildman–Crippen MR) is 192 cm³/mol. The first-order valence-electron chi connectivity index (χ1n) is 15.5. The van der Waals surface area contributed by atoms with E-state index in [0.717, 1.165) is 45.0 Å². The molecular weight excluding hydrogens is 581 g/mol. The molecule has 220 valence electrons. The van der Waals surface area contributed by atoms with Crippen molar-refractivity contribution in [3.63, 3.8) is 0 Å². The first kappa shape index (κ1) is 26.8. The number of nitrogens with zero attached hydrogens (tertiary/aromatic N) is 4. The van der Waals surface area contributed by atoms with E-state index in [4.69, 9.17) is 0 Å². The molecular formula is C41H30N4S. The molecule has 0 fully saturated rings. The average molecular weight is 611 g/mol. The molecule has 9 rings (SSSR count). The van der Waals surface area contributed by atoms with Gasteiger partial charge in [0.2, 0.25) is 0 Å². The first-order valence-corrected chi connectivity index (χ1v) is 16.5. The number of rotatable bonds is 5. The molecule has 0 saturated heterocycles. The summed E-state index contributed by atoms with van der Waals surface area (Å²) >= 11 is 1.62. The Hall–Kier alpha value is -5.52. The minimum atomic E-state index is -0.101. The van der Waals surface area contributed by atoms with Crippen LogP contribution in [0.15, 0.2) is 145 Å². The van der Waals surface area contributed by atoms with Gasteiger partial charge in [-0.15, -0.1) is 11.3 Å². The highest BCUT2D eigenvalue weighted by atomic mass is 32.1. The number of pyridine rings is 1. The Bertz CT molecular complexity index is 2400. The number of aromatic nitrogens is 3. The quantitative estimate of drug-likeness (QED) is 0.194. The molecule has 0 amide bonds. The van der Waals surface area contributed by atoms with Gasteiger partial charge < -0.3 is 4.90 Å². The standard InChI is InChI=1S/C41H30N4S/c1-41(2)36-14-5-3-12-32(36)33-18-16-31(23-37(33)41)44(29-11-7-9-27(21-29)28-10-8-20-42-24-28)30-17-19-39-35(22-30)34-13-4-6-15-38(34)45(39)40-25-46-26-43-40/h3-26H,1-2H3. The molecule has 1 aliphatic carbocycles. The second-order valence-electron chi connectivity index (χ2n) is 12.4. The van der Waals surface area contributed by atoms with Crippen LogP contribution in [-0.2, 0) is 5.41 Å². The van der Waals surface area contributed by atoms with E-state index in [9.17, 15) is 0 Å². The lowest BCUT2D eigenvalue weighted by atomic mass is 9.82. The number of fused-ring (bicyclic) bond motifs is 6. The van der Waals surface area contributed by atoms with Gasteiger partial charge in [-0.3, -0.25) is 9.55 Å². The van der Waals surface area contributed by atoms with E-state index in [-0.39, 0.29) is 5.41 Å². The van der Waals surface area contributed by atoms with Crippen LogP contribution in [0.3, 0.4) is 0 Å². The topological polar surface area (TPSA) is 34.0 Å². The molecule has 0 aliphatic heterocycles. The number of hydrogen-bond acceptors (Lipinski definition) is 4. The molecule has 46 heavy (non-hydrogen) atoms. The maximum absolute atomic E-state index is 4.68. The minimum absolute atomic E-state index is 0.101. The van der Waals surface area contributed by atoms with Crippen molar-refractivity contribution in [2.24, 2.45) is 0 Å². The molecule has 0 atom stereocenters. The maximum Gasteiger partial charge on any atom is 0.148 e. The Morgan fingerprint density at radius 3 is 2.26 bits per heavy atom. The van der Waals surface area contributed by atoms with Crippen LogP contribution >= 0.6 is 11.3 Å². The fourth-order valence-electron chi connectivity index (χ4n) is 7.30. The zero-order chi connectivity index (χ0) is 30.8. The van der Waals surface area contributed by atoms with Gasteiger partial charge in [0, 0.05) is 56.6 Å². The molecule has 5 aromatic carbocycles. The third-order valence-corrected chi connectivity index (χ3v) is 10.1. The van der Waals surface area contributed by atoms with Crippen molar-refractivity contribution in [2.45, 2.75) is 19.3 Å². The second-order valence-corrected chi connectivity index (χ2v) is 13.1. The normalized spacial score (nSPS) is 13.2. The van der Waals surface area contributed by atoms with E-state index in [2.05, 4.69) is 154 Å². The number of para-hydroxylation sites is 1. The highest BCUT2D eigenvalue weighted by Gasteiger charge is 2.35. The first-order chi connectivity index (χ1) is 22.6. The maximum atomic E-state index is 4.68. The monoisotopic (exact) mass is 610 g/mol. The fourth-order valence-corrected chi connectivity index (χ4v) is 7.82. The smallest absolute Gasteiger partial charge is 0.148 e. The van der Waals surface area contributed by atoms with Gasteiger partial charge in [0.15, 0.2) is 0 Å². The molecule has 4 nitrogen and oxygen atoms in total. The summed E-state index contributed by atoms with van der Waals surface area (Å²) in [6.45, 7) is 4.68. The molecule has 1 aliphatic rings. The van der Waals surface area contributed by atoms with Crippen molar-refractivity contribution in [3.8, 4) is 28.1 Å². The van der Waals surface area contributed by atoms with Crippen molar-refractivity contribution in [3.05, 3.63) is 156 Å². The van der Waals surface area contributed by atoms with E-state index in [1.807, 2.05) is 24.0 Å². The summed E-state index contributed by atoms with van der Waals surface area (Å²) in [4.78, 5) is 11.5. The van der Waals surface area contributed by atoms with E-state index >= 15 is 0 Å². The Morgan fingerprint density at radius 1 is 0.630 bits per heavy atom. The molecule has 0 saturated carbocycles. The van der Waals surface area contributed by atoms with Crippen LogP contribution in [0.5, 0.6) is 0 Å². The van der Waals surface area contributed by atoms with Crippen LogP contribution in [0.2, 0.25) is 0 Å². The van der Waals surface area contributed by atoms with Crippen LogP contribution < -0.4 is 4.90 Å². The van der Waals surface area contributed by atoms with Gasteiger partial charge in [-0.05, 0) is 82.4 Å². The van der Waals surface area contributed by atoms with E-state index in [0.29, 0.717) is 0 Å². The lowest BCUT2D eigenvalue weighted by Gasteiger charge is -2.28. The summed E-state index contributed by atoms with van der Waals surface area (Å²) < 4.78 is 2.27. The molecule has 0 N–H and O–H groups in total. The molecule has 5 heteroatoms. The Balaban J connectivity index is 1.28. The van der Waals surface area contributed by atoms with E-state index in [1.54, 1.807) is 11.3 Å². The molecule has 8 aromatic rings. The zero-order valence-electron chi connectivity index (χ0n) is 25.6. The van der Waals surface area contributed by atoms with Crippen LogP contribution in [0.1, 0.15) is 25.0 Å². The van der Waals surface area contributed by atoms with Crippen LogP contribution in [0, 0.1) is 0 Å². The zero-order valence-corrected chi connectivity index (χ0v) is 26.4. The van der Waals surface area contributed by atoms with Crippen molar-refractivity contribution in [1.82, 2.24) is 14.5 Å². The van der Waals surface area contributed by atoms with Crippen LogP contribution in [-0.4, -0.2) is 14.5 Å². The Labute approximate surface area is 271 Å². The van der Waals surface area contributed by atoms with Gasteiger partial charge in [0.05, 0.1) is 16.5 Å². The van der Waals surface area contributed by atoms with Gasteiger partial charge in [-0.1, -0.05) is 80.6 Å². The van der Waals surface area contributed by atoms with Crippen LogP contribution in [0.4, 0.5) is 17.1 Å². The van der Waals surface area contributed by atoms with Gasteiger partial charge in [-0.25, -0.2) is 4.98 Å². The van der Waals surface area contributed by atoms with Crippen molar-refractivity contribution in [2.75, 3.05) is 4.90 Å². The number of thiazole rings is 1. The van der Waals surface area contributed by atoms with Gasteiger partial charge >= 0.3 is 0 Å². The van der Waals surface area contributed by atoms with E-state index < -0.39 is 0 Å². The van der Waals surface area contributed by atoms with Gasteiger partial charge in [0.25, 0.3) is 0 Å². The highest BCUT2D eigenvalue weighted by Crippen LogP contribution is 2.51. The van der Waals surface area contributed by atoms with Crippen molar-refractivity contribution >= 4 is 50.2 Å². The van der Waals surface area contributed by atoms with Crippen molar-refractivity contribution < 1.29 is 0 Å². The number of benzene rings is 5. The summed E-state index contributed by atoms with van der Waals surface area (Å²) in [5.74, 6) is 0.949. The molecule has 0 radical (unpaired) electrons. The van der Waals surface area contributed by atoms with E-state index in [1.165, 1.54) is 33.0 Å². The average Bonchev–Trinajstić information content (AvgIpc) is 3.80. The predicted octanol–water partition coefficient (Wildman–Crippen LogP) is 11.1. The van der Waals surface area contributed by atoms with Gasteiger partial charge in [0.1, 0.15) is 5.82 Å².